The van der Waals surface area contributed by atoms with Gasteiger partial charge in [-0.2, -0.15) is 0 Å². The van der Waals surface area contributed by atoms with E-state index < -0.39 is 0 Å². The van der Waals surface area contributed by atoms with Gasteiger partial charge in [-0.3, -0.25) is 4.79 Å². The second kappa shape index (κ2) is 8.34. The molecule has 3 aromatic rings. The third-order valence-corrected chi connectivity index (χ3v) is 6.04. The SMILES string of the molecule is O=C(NC1COC2C(Nc3nccc(-c4ccc5c(c4)OCO5)n3)COC12)c1ccccc1. The van der Waals surface area contributed by atoms with Gasteiger partial charge in [0.25, 0.3) is 5.91 Å². The lowest BCUT2D eigenvalue weighted by atomic mass is 10.1. The summed E-state index contributed by atoms with van der Waals surface area (Å²) in [6, 6.07) is 16.4. The summed E-state index contributed by atoms with van der Waals surface area (Å²) < 4.78 is 22.8. The molecule has 2 saturated heterocycles. The van der Waals surface area contributed by atoms with Crippen LogP contribution in [-0.2, 0) is 9.47 Å². The summed E-state index contributed by atoms with van der Waals surface area (Å²) in [6.07, 6.45) is 1.28. The van der Waals surface area contributed by atoms with E-state index in [4.69, 9.17) is 18.9 Å². The highest BCUT2D eigenvalue weighted by Crippen LogP contribution is 2.35. The molecule has 1 amide bonds. The molecule has 0 radical (unpaired) electrons. The van der Waals surface area contributed by atoms with Crippen molar-refractivity contribution in [3.63, 3.8) is 0 Å². The van der Waals surface area contributed by atoms with Crippen LogP contribution in [0.15, 0.2) is 60.8 Å². The lowest BCUT2D eigenvalue weighted by Gasteiger charge is -2.18. The maximum Gasteiger partial charge on any atom is 0.251 e. The third-order valence-electron chi connectivity index (χ3n) is 6.04. The molecular weight excluding hydrogens is 424 g/mol. The van der Waals surface area contributed by atoms with E-state index in [1.807, 2.05) is 42.5 Å². The number of nitrogens with zero attached hydrogens (tertiary/aromatic N) is 2. The number of hydrogen-bond acceptors (Lipinski definition) is 8. The molecule has 0 bridgehead atoms. The minimum absolute atomic E-state index is 0.124. The molecule has 1 aromatic heterocycles. The number of hydrogen-bond donors (Lipinski definition) is 2. The maximum absolute atomic E-state index is 12.5. The van der Waals surface area contributed by atoms with Gasteiger partial charge in [-0.15, -0.1) is 0 Å². The maximum atomic E-state index is 12.5. The smallest absolute Gasteiger partial charge is 0.251 e. The Labute approximate surface area is 190 Å². The molecule has 2 fully saturated rings. The lowest BCUT2D eigenvalue weighted by molar-refractivity contribution is 0.0652. The Balaban J connectivity index is 1.12. The zero-order valence-electron chi connectivity index (χ0n) is 17.6. The molecule has 4 heterocycles. The van der Waals surface area contributed by atoms with Crippen LogP contribution in [0.25, 0.3) is 11.3 Å². The minimum Gasteiger partial charge on any atom is -0.454 e. The minimum atomic E-state index is -0.229. The molecule has 0 saturated carbocycles. The second-order valence-electron chi connectivity index (χ2n) is 8.13. The van der Waals surface area contributed by atoms with Crippen molar-refractivity contribution in [2.45, 2.75) is 24.3 Å². The molecule has 4 unspecified atom stereocenters. The number of anilines is 1. The first-order valence-electron chi connectivity index (χ1n) is 10.8. The fourth-order valence-corrected chi connectivity index (χ4v) is 4.40. The first-order chi connectivity index (χ1) is 16.2. The number of rotatable bonds is 5. The largest absolute Gasteiger partial charge is 0.454 e. The van der Waals surface area contributed by atoms with Gasteiger partial charge in [0.2, 0.25) is 12.7 Å². The molecule has 6 rings (SSSR count). The molecule has 9 nitrogen and oxygen atoms in total. The molecule has 9 heteroatoms. The number of amides is 1. The van der Waals surface area contributed by atoms with Gasteiger partial charge in [0.1, 0.15) is 12.2 Å². The van der Waals surface area contributed by atoms with Gasteiger partial charge in [-0.25, -0.2) is 9.97 Å². The topological polar surface area (TPSA) is 104 Å². The van der Waals surface area contributed by atoms with Crippen LogP contribution in [0.5, 0.6) is 11.5 Å². The molecule has 0 spiro atoms. The third kappa shape index (κ3) is 3.85. The second-order valence-corrected chi connectivity index (χ2v) is 8.13. The van der Waals surface area contributed by atoms with Crippen molar-refractivity contribution in [2.24, 2.45) is 0 Å². The van der Waals surface area contributed by atoms with E-state index in [9.17, 15) is 4.79 Å². The van der Waals surface area contributed by atoms with E-state index in [-0.39, 0.29) is 37.0 Å². The van der Waals surface area contributed by atoms with Crippen LogP contribution < -0.4 is 20.1 Å². The molecule has 168 valence electrons. The van der Waals surface area contributed by atoms with Crippen LogP contribution in [0.2, 0.25) is 0 Å². The normalized spacial score (nSPS) is 25.0. The summed E-state index contributed by atoms with van der Waals surface area (Å²) in [4.78, 5) is 21.5. The average Bonchev–Trinajstić information content (AvgIpc) is 3.58. The van der Waals surface area contributed by atoms with Crippen molar-refractivity contribution in [3.05, 3.63) is 66.4 Å². The van der Waals surface area contributed by atoms with Crippen molar-refractivity contribution >= 4 is 11.9 Å². The van der Waals surface area contributed by atoms with Gasteiger partial charge >= 0.3 is 0 Å². The zero-order chi connectivity index (χ0) is 22.2. The van der Waals surface area contributed by atoms with Crippen LogP contribution in [0.3, 0.4) is 0 Å². The van der Waals surface area contributed by atoms with E-state index in [2.05, 4.69) is 20.6 Å². The molecule has 0 aliphatic carbocycles. The first-order valence-corrected chi connectivity index (χ1v) is 10.8. The van der Waals surface area contributed by atoms with E-state index in [1.165, 1.54) is 0 Å². The Morgan fingerprint density at radius 1 is 0.909 bits per heavy atom. The lowest BCUT2D eigenvalue weighted by Crippen LogP contribution is -2.44. The van der Waals surface area contributed by atoms with Crippen molar-refractivity contribution in [1.29, 1.82) is 0 Å². The number of ether oxygens (including phenoxy) is 4. The highest BCUT2D eigenvalue weighted by atomic mass is 16.7. The fraction of sp³-hybridized carbons (Fsp3) is 0.292. The van der Waals surface area contributed by atoms with E-state index >= 15 is 0 Å². The molecule has 2 aromatic carbocycles. The van der Waals surface area contributed by atoms with E-state index in [0.717, 1.165) is 17.0 Å². The summed E-state index contributed by atoms with van der Waals surface area (Å²) in [5.41, 5.74) is 2.29. The average molecular weight is 446 g/mol. The van der Waals surface area contributed by atoms with Crippen LogP contribution in [0, 0.1) is 0 Å². The Hall–Kier alpha value is -3.69. The van der Waals surface area contributed by atoms with Crippen LogP contribution >= 0.6 is 0 Å². The Morgan fingerprint density at radius 3 is 2.58 bits per heavy atom. The molecule has 2 N–H and O–H groups in total. The van der Waals surface area contributed by atoms with Gasteiger partial charge in [-0.05, 0) is 36.4 Å². The Morgan fingerprint density at radius 2 is 1.70 bits per heavy atom. The molecule has 3 aliphatic heterocycles. The summed E-state index contributed by atoms with van der Waals surface area (Å²) >= 11 is 0. The van der Waals surface area contributed by atoms with Gasteiger partial charge in [0.15, 0.2) is 11.5 Å². The van der Waals surface area contributed by atoms with Crippen molar-refractivity contribution in [3.8, 4) is 22.8 Å². The monoisotopic (exact) mass is 446 g/mol. The summed E-state index contributed by atoms with van der Waals surface area (Å²) in [5, 5.41) is 6.37. The molecular formula is C24H22N4O5. The number of benzene rings is 2. The quantitative estimate of drug-likeness (QED) is 0.615. The van der Waals surface area contributed by atoms with Crippen LogP contribution in [-0.4, -0.2) is 60.2 Å². The zero-order valence-corrected chi connectivity index (χ0v) is 17.6. The Kier molecular flexibility index (Phi) is 5.04. The van der Waals surface area contributed by atoms with Gasteiger partial charge in [0, 0.05) is 17.3 Å². The number of carbonyl (C=O) groups is 1. The van der Waals surface area contributed by atoms with Gasteiger partial charge < -0.3 is 29.6 Å². The predicted molar refractivity (Wildman–Crippen MR) is 118 cm³/mol. The molecule has 3 aliphatic rings. The molecule has 4 atom stereocenters. The highest BCUT2D eigenvalue weighted by molar-refractivity contribution is 5.94. The standard InChI is InChI=1S/C24H22N4O5/c29-23(14-4-2-1-3-5-14)26-17-11-30-22-18(12-31-21(17)22)28-24-25-9-8-16(27-24)15-6-7-19-20(10-15)33-13-32-19/h1-10,17-18,21-22H,11-13H2,(H,26,29)(H,25,27,28). The predicted octanol–water partition coefficient (Wildman–Crippen LogP) is 2.25. The number of carbonyl (C=O) groups excluding carboxylic acids is 1. The number of aromatic nitrogens is 2. The highest BCUT2D eigenvalue weighted by Gasteiger charge is 2.48. The Bertz CT molecular complexity index is 1170. The fourth-order valence-electron chi connectivity index (χ4n) is 4.40. The number of nitrogens with one attached hydrogen (secondary N) is 2. The van der Waals surface area contributed by atoms with Crippen LogP contribution in [0.1, 0.15) is 10.4 Å². The molecule has 33 heavy (non-hydrogen) atoms. The van der Waals surface area contributed by atoms with E-state index in [0.29, 0.717) is 30.5 Å². The van der Waals surface area contributed by atoms with Crippen molar-refractivity contribution in [2.75, 3.05) is 25.3 Å². The number of fused-ring (bicyclic) bond motifs is 2. The summed E-state index contributed by atoms with van der Waals surface area (Å²) in [5.74, 6) is 1.78. The van der Waals surface area contributed by atoms with Crippen molar-refractivity contribution < 1.29 is 23.7 Å². The first kappa shape index (κ1) is 20.0. The van der Waals surface area contributed by atoms with Gasteiger partial charge in [-0.1, -0.05) is 18.2 Å². The van der Waals surface area contributed by atoms with E-state index in [1.54, 1.807) is 18.3 Å². The van der Waals surface area contributed by atoms with Crippen LogP contribution in [0.4, 0.5) is 5.95 Å². The summed E-state index contributed by atoms with van der Waals surface area (Å²) in [7, 11) is 0. The van der Waals surface area contributed by atoms with Crippen molar-refractivity contribution in [1.82, 2.24) is 15.3 Å². The summed E-state index contributed by atoms with van der Waals surface area (Å²) in [6.45, 7) is 1.06. The van der Waals surface area contributed by atoms with Gasteiger partial charge in [0.05, 0.1) is 31.0 Å².